The molecule has 7 nitrogen and oxygen atoms in total. The Morgan fingerprint density at radius 3 is 2.81 bits per heavy atom. The van der Waals surface area contributed by atoms with Gasteiger partial charge in [0.2, 0.25) is 5.89 Å². The molecule has 0 amide bonds. The Bertz CT molecular complexity index is 1040. The number of benzene rings is 1. The second-order valence-corrected chi connectivity index (χ2v) is 7.70. The van der Waals surface area contributed by atoms with E-state index in [-0.39, 0.29) is 11.6 Å². The van der Waals surface area contributed by atoms with Crippen molar-refractivity contribution in [1.29, 1.82) is 0 Å². The number of likely N-dealkylation sites (tertiary alicyclic amines) is 1. The molecule has 1 unspecified atom stereocenters. The maximum atomic E-state index is 13.2. The fraction of sp³-hybridized carbons (Fsp3) is 0.500. The van der Waals surface area contributed by atoms with Crippen LogP contribution in [-0.4, -0.2) is 31.1 Å². The van der Waals surface area contributed by atoms with E-state index < -0.39 is 0 Å². The minimum atomic E-state index is 0.0877. The summed E-state index contributed by atoms with van der Waals surface area (Å²) in [5.41, 5.74) is 0.872. The van der Waals surface area contributed by atoms with Crippen LogP contribution in [-0.2, 0) is 13.1 Å². The lowest BCUT2D eigenvalue weighted by Gasteiger charge is -2.25. The minimum Gasteiger partial charge on any atom is -0.340 e. The van der Waals surface area contributed by atoms with E-state index in [0.29, 0.717) is 29.6 Å². The van der Waals surface area contributed by atoms with Crippen LogP contribution in [0.2, 0.25) is 0 Å². The highest BCUT2D eigenvalue weighted by Gasteiger charge is 2.33. The molecule has 1 atom stereocenters. The minimum absolute atomic E-state index is 0.0877. The largest absolute Gasteiger partial charge is 0.340 e. The van der Waals surface area contributed by atoms with E-state index in [2.05, 4.69) is 15.0 Å². The van der Waals surface area contributed by atoms with Gasteiger partial charge in [0.1, 0.15) is 5.82 Å². The van der Waals surface area contributed by atoms with Crippen LogP contribution in [0.4, 0.5) is 0 Å². The van der Waals surface area contributed by atoms with Crippen LogP contribution in [0, 0.1) is 12.8 Å². The number of aryl methyl sites for hydroxylation is 1. The SMILES string of the molecule is Cc1nc(CN2CCCC2c2nc3ccccc3c(=O)n2CC2CC2)no1. The number of rotatable bonds is 5. The third kappa shape index (κ3) is 3.16. The van der Waals surface area contributed by atoms with Gasteiger partial charge in [-0.3, -0.25) is 14.3 Å². The standard InChI is InChI=1S/C20H23N5O2/c1-13-21-18(23-27-13)12-24-10-4-7-17(24)19-22-16-6-3-2-5-15(16)20(26)25(19)11-14-8-9-14/h2-3,5-6,14,17H,4,7-12H2,1H3. The molecule has 7 heteroatoms. The van der Waals surface area contributed by atoms with Crippen molar-refractivity contribution in [3.8, 4) is 0 Å². The molecule has 1 aliphatic heterocycles. The van der Waals surface area contributed by atoms with Gasteiger partial charge in [0.05, 0.1) is 23.5 Å². The summed E-state index contributed by atoms with van der Waals surface area (Å²) in [6.07, 6.45) is 4.48. The van der Waals surface area contributed by atoms with Crippen molar-refractivity contribution in [2.75, 3.05) is 6.54 Å². The first-order chi connectivity index (χ1) is 13.2. The second kappa shape index (κ2) is 6.56. The van der Waals surface area contributed by atoms with E-state index in [1.165, 1.54) is 12.8 Å². The number of para-hydroxylation sites is 1. The molecule has 1 aliphatic carbocycles. The van der Waals surface area contributed by atoms with Crippen LogP contribution in [0.3, 0.4) is 0 Å². The number of hydrogen-bond donors (Lipinski definition) is 0. The molecule has 1 saturated carbocycles. The van der Waals surface area contributed by atoms with Gasteiger partial charge in [0, 0.05) is 13.5 Å². The van der Waals surface area contributed by atoms with Gasteiger partial charge >= 0.3 is 0 Å². The number of hydrogen-bond acceptors (Lipinski definition) is 6. The van der Waals surface area contributed by atoms with Crippen LogP contribution in [0.15, 0.2) is 33.6 Å². The normalized spacial score (nSPS) is 20.6. The van der Waals surface area contributed by atoms with E-state index in [0.717, 1.165) is 37.3 Å². The summed E-state index contributed by atoms with van der Waals surface area (Å²) in [5.74, 6) is 2.77. The Morgan fingerprint density at radius 2 is 2.04 bits per heavy atom. The zero-order valence-corrected chi connectivity index (χ0v) is 15.5. The fourth-order valence-corrected chi connectivity index (χ4v) is 4.07. The van der Waals surface area contributed by atoms with E-state index in [1.54, 1.807) is 6.92 Å². The van der Waals surface area contributed by atoms with Crippen molar-refractivity contribution < 1.29 is 4.52 Å². The van der Waals surface area contributed by atoms with Gasteiger partial charge in [-0.25, -0.2) is 4.98 Å². The monoisotopic (exact) mass is 365 g/mol. The zero-order valence-electron chi connectivity index (χ0n) is 15.5. The van der Waals surface area contributed by atoms with Gasteiger partial charge in [-0.2, -0.15) is 4.98 Å². The smallest absolute Gasteiger partial charge is 0.261 e. The van der Waals surface area contributed by atoms with Crippen molar-refractivity contribution >= 4 is 10.9 Å². The summed E-state index contributed by atoms with van der Waals surface area (Å²) in [6, 6.07) is 7.78. The lowest BCUT2D eigenvalue weighted by molar-refractivity contribution is 0.223. The lowest BCUT2D eigenvalue weighted by Crippen LogP contribution is -2.32. The zero-order chi connectivity index (χ0) is 18.4. The molecule has 2 aromatic heterocycles. The lowest BCUT2D eigenvalue weighted by atomic mass is 10.1. The van der Waals surface area contributed by atoms with Crippen molar-refractivity contribution in [2.45, 2.75) is 51.7 Å². The Hall–Kier alpha value is -2.54. The average Bonchev–Trinajstić information content (AvgIpc) is 3.22. The summed E-state index contributed by atoms with van der Waals surface area (Å²) in [6.45, 7) is 4.15. The van der Waals surface area contributed by atoms with Gasteiger partial charge < -0.3 is 4.52 Å². The van der Waals surface area contributed by atoms with Gasteiger partial charge in [0.25, 0.3) is 5.56 Å². The maximum absolute atomic E-state index is 13.2. The third-order valence-electron chi connectivity index (χ3n) is 5.60. The predicted molar refractivity (Wildman–Crippen MR) is 100 cm³/mol. The van der Waals surface area contributed by atoms with Crippen LogP contribution in [0.5, 0.6) is 0 Å². The molecular formula is C20H23N5O2. The molecule has 0 N–H and O–H groups in total. The van der Waals surface area contributed by atoms with E-state index in [9.17, 15) is 4.79 Å². The molecule has 2 fully saturated rings. The van der Waals surface area contributed by atoms with E-state index in [1.807, 2.05) is 28.8 Å². The highest BCUT2D eigenvalue weighted by atomic mass is 16.5. The number of aromatic nitrogens is 4. The van der Waals surface area contributed by atoms with Crippen molar-refractivity contribution in [2.24, 2.45) is 5.92 Å². The van der Waals surface area contributed by atoms with Crippen LogP contribution >= 0.6 is 0 Å². The Morgan fingerprint density at radius 1 is 1.19 bits per heavy atom. The van der Waals surface area contributed by atoms with Gasteiger partial charge in [-0.05, 0) is 50.3 Å². The van der Waals surface area contributed by atoms with Crippen LogP contribution in [0.25, 0.3) is 10.9 Å². The van der Waals surface area contributed by atoms with Crippen molar-refractivity contribution in [3.05, 3.63) is 52.2 Å². The summed E-state index contributed by atoms with van der Waals surface area (Å²) < 4.78 is 7.05. The quantitative estimate of drug-likeness (QED) is 0.692. The fourth-order valence-electron chi connectivity index (χ4n) is 4.07. The molecule has 0 bridgehead atoms. The van der Waals surface area contributed by atoms with E-state index in [4.69, 9.17) is 9.51 Å². The van der Waals surface area contributed by atoms with Gasteiger partial charge in [-0.15, -0.1) is 0 Å². The predicted octanol–water partition coefficient (Wildman–Crippen LogP) is 2.84. The molecule has 1 aromatic carbocycles. The number of fused-ring (bicyclic) bond motifs is 1. The molecule has 5 rings (SSSR count). The molecule has 0 spiro atoms. The molecule has 2 aliphatic rings. The summed E-state index contributed by atoms with van der Waals surface area (Å²) in [5, 5.41) is 4.75. The summed E-state index contributed by atoms with van der Waals surface area (Å²) in [4.78, 5) is 24.8. The first-order valence-electron chi connectivity index (χ1n) is 9.72. The highest BCUT2D eigenvalue weighted by Crippen LogP contribution is 2.35. The molecule has 140 valence electrons. The van der Waals surface area contributed by atoms with Gasteiger partial charge in [-0.1, -0.05) is 17.3 Å². The molecule has 0 radical (unpaired) electrons. The third-order valence-corrected chi connectivity index (χ3v) is 5.60. The average molecular weight is 365 g/mol. The van der Waals surface area contributed by atoms with Crippen LogP contribution < -0.4 is 5.56 Å². The topological polar surface area (TPSA) is 77.1 Å². The first kappa shape index (κ1) is 16.6. The molecule has 27 heavy (non-hydrogen) atoms. The van der Waals surface area contributed by atoms with Crippen molar-refractivity contribution in [3.63, 3.8) is 0 Å². The molecule has 1 saturated heterocycles. The molecule has 3 aromatic rings. The summed E-state index contributed by atoms with van der Waals surface area (Å²) in [7, 11) is 0. The molecule has 3 heterocycles. The van der Waals surface area contributed by atoms with Gasteiger partial charge in [0.15, 0.2) is 5.82 Å². The Kier molecular flexibility index (Phi) is 4.04. The first-order valence-corrected chi connectivity index (χ1v) is 9.72. The second-order valence-electron chi connectivity index (χ2n) is 7.70. The number of nitrogens with zero attached hydrogens (tertiary/aromatic N) is 5. The highest BCUT2D eigenvalue weighted by molar-refractivity contribution is 5.77. The Balaban J connectivity index is 1.56. The Labute approximate surface area is 157 Å². The van der Waals surface area contributed by atoms with Crippen LogP contribution in [0.1, 0.15) is 49.3 Å². The summed E-state index contributed by atoms with van der Waals surface area (Å²) >= 11 is 0. The van der Waals surface area contributed by atoms with Crippen molar-refractivity contribution in [1.82, 2.24) is 24.6 Å². The van der Waals surface area contributed by atoms with E-state index >= 15 is 0 Å². The maximum Gasteiger partial charge on any atom is 0.261 e. The molecular weight excluding hydrogens is 342 g/mol.